The fraction of sp³-hybridized carbons (Fsp3) is 0.400. The van der Waals surface area contributed by atoms with Crippen LogP contribution in [0.4, 0.5) is 24.9 Å². The number of carbonyl (C=O) groups is 1. The van der Waals surface area contributed by atoms with Crippen LogP contribution in [0.2, 0.25) is 0 Å². The van der Waals surface area contributed by atoms with Crippen LogP contribution in [0.3, 0.4) is 0 Å². The molecule has 16 heteroatoms. The summed E-state index contributed by atoms with van der Waals surface area (Å²) in [5, 5.41) is 44.5. The lowest BCUT2D eigenvalue weighted by Crippen LogP contribution is -2.36. The second-order valence-corrected chi connectivity index (χ2v) is 11.1. The third-order valence-electron chi connectivity index (χ3n) is 8.09. The lowest BCUT2D eigenvalue weighted by molar-refractivity contribution is -0.207. The second kappa shape index (κ2) is 12.8. The minimum atomic E-state index is -5.24. The zero-order valence-corrected chi connectivity index (χ0v) is 24.1. The van der Waals surface area contributed by atoms with Gasteiger partial charge in [-0.2, -0.15) is 23.1 Å². The molecule has 0 radical (unpaired) electrons. The number of nitrogens with zero attached hydrogens (tertiary/aromatic N) is 5. The van der Waals surface area contributed by atoms with Gasteiger partial charge in [0.1, 0.15) is 30.5 Å². The molecule has 4 aromatic rings. The van der Waals surface area contributed by atoms with Crippen LogP contribution in [0.5, 0.6) is 0 Å². The Balaban J connectivity index is 1.36. The Bertz CT molecular complexity index is 1620. The van der Waals surface area contributed by atoms with Crippen LogP contribution < -0.4 is 10.2 Å². The number of anilines is 2. The van der Waals surface area contributed by atoms with Crippen molar-refractivity contribution in [3.8, 4) is 0 Å². The number of aromatic nitrogens is 4. The summed E-state index contributed by atoms with van der Waals surface area (Å²) in [7, 11) is 0. The van der Waals surface area contributed by atoms with Crippen LogP contribution in [-0.4, -0.2) is 109 Å². The first-order chi connectivity index (χ1) is 22.0. The summed E-state index contributed by atoms with van der Waals surface area (Å²) in [6.45, 7) is -0.820. The van der Waals surface area contributed by atoms with E-state index >= 15 is 0 Å². The molecule has 2 saturated heterocycles. The van der Waals surface area contributed by atoms with Crippen molar-refractivity contribution in [2.75, 3.05) is 36.5 Å². The van der Waals surface area contributed by atoms with Gasteiger partial charge in [-0.15, -0.1) is 0 Å². The molecule has 13 nitrogen and oxygen atoms in total. The minimum Gasteiger partial charge on any atom is -0.451 e. The molecule has 2 aromatic carbocycles. The molecule has 2 aromatic heterocycles. The van der Waals surface area contributed by atoms with E-state index in [1.165, 1.54) is 15.8 Å². The number of carbonyl (C=O) groups excluding carboxylic acids is 1. The van der Waals surface area contributed by atoms with Crippen molar-refractivity contribution in [2.45, 2.75) is 48.8 Å². The Morgan fingerprint density at radius 2 is 1.65 bits per heavy atom. The Morgan fingerprint density at radius 1 is 1.00 bits per heavy atom. The minimum absolute atomic E-state index is 0.0379. The number of ether oxygens (including phenoxy) is 2. The number of alkyl halides is 3. The van der Waals surface area contributed by atoms with Crippen LogP contribution in [0.15, 0.2) is 67.0 Å². The van der Waals surface area contributed by atoms with E-state index in [0.29, 0.717) is 6.54 Å². The van der Waals surface area contributed by atoms with Crippen molar-refractivity contribution in [3.05, 3.63) is 78.1 Å². The maximum atomic E-state index is 12.9. The van der Waals surface area contributed by atoms with E-state index in [4.69, 9.17) is 4.74 Å². The normalized spacial score (nSPS) is 25.0. The highest BCUT2D eigenvalue weighted by molar-refractivity contribution is 5.84. The van der Waals surface area contributed by atoms with Gasteiger partial charge in [0.25, 0.3) is 0 Å². The number of aliphatic hydroxyl groups is 4. The summed E-state index contributed by atoms with van der Waals surface area (Å²) in [5.41, 5.74) is 2.41. The highest BCUT2D eigenvalue weighted by atomic mass is 19.4. The van der Waals surface area contributed by atoms with E-state index < -0.39 is 55.5 Å². The van der Waals surface area contributed by atoms with E-state index in [-0.39, 0.29) is 41.9 Å². The van der Waals surface area contributed by atoms with Gasteiger partial charge < -0.3 is 40.1 Å². The van der Waals surface area contributed by atoms with Gasteiger partial charge in [-0.25, -0.2) is 9.78 Å². The molecule has 4 heterocycles. The number of aliphatic hydroxyl groups excluding tert-OH is 4. The smallest absolute Gasteiger partial charge is 0.451 e. The first-order valence-corrected chi connectivity index (χ1v) is 14.5. The van der Waals surface area contributed by atoms with Crippen molar-refractivity contribution in [1.29, 1.82) is 0 Å². The SMILES string of the molecule is O=C(O[C@@H]1CN(c2nc(NCC(c3ccccc3)c3ccccc3)c3ncn([C@@H]4O[C@H](CO)[C@@H](O)[C@@H]4O)c3n2)C[C@H]1O)C(F)(F)F. The van der Waals surface area contributed by atoms with E-state index in [9.17, 15) is 38.4 Å². The van der Waals surface area contributed by atoms with Gasteiger partial charge in [0.2, 0.25) is 5.95 Å². The molecule has 0 bridgehead atoms. The van der Waals surface area contributed by atoms with Gasteiger partial charge in [-0.1, -0.05) is 60.7 Å². The number of β-amino-alcohol motifs (C(OH)–C–C–N with tert-alkyl or cyclic N) is 1. The van der Waals surface area contributed by atoms with E-state index in [0.717, 1.165) is 11.1 Å². The van der Waals surface area contributed by atoms with E-state index in [2.05, 4.69) is 25.0 Å². The molecular weight excluding hydrogens is 613 g/mol. The van der Waals surface area contributed by atoms with Crippen LogP contribution in [0.1, 0.15) is 23.3 Å². The summed E-state index contributed by atoms with van der Waals surface area (Å²) in [6, 6.07) is 19.5. The number of fused-ring (bicyclic) bond motifs is 1. The molecule has 0 saturated carbocycles. The summed E-state index contributed by atoms with van der Waals surface area (Å²) in [5.74, 6) is -2.37. The summed E-state index contributed by atoms with van der Waals surface area (Å²) in [6.07, 6.45) is -12.0. The number of rotatable bonds is 9. The van der Waals surface area contributed by atoms with Crippen molar-refractivity contribution >= 4 is 28.9 Å². The summed E-state index contributed by atoms with van der Waals surface area (Å²) in [4.78, 5) is 26.4. The zero-order chi connectivity index (χ0) is 32.6. The second-order valence-electron chi connectivity index (χ2n) is 11.1. The van der Waals surface area contributed by atoms with Gasteiger partial charge in [0.05, 0.1) is 26.0 Å². The van der Waals surface area contributed by atoms with Gasteiger partial charge in [0.15, 0.2) is 23.2 Å². The van der Waals surface area contributed by atoms with Crippen molar-refractivity contribution in [2.24, 2.45) is 0 Å². The maximum Gasteiger partial charge on any atom is 0.490 e. The predicted octanol–water partition coefficient (Wildman–Crippen LogP) is 1.34. The molecular formula is C30H31F3N6O7. The van der Waals surface area contributed by atoms with Crippen molar-refractivity contribution in [3.63, 3.8) is 0 Å². The molecule has 6 rings (SSSR count). The first-order valence-electron chi connectivity index (χ1n) is 14.5. The molecule has 2 aliphatic heterocycles. The maximum absolute atomic E-state index is 12.9. The Kier molecular flexibility index (Phi) is 8.80. The van der Waals surface area contributed by atoms with Gasteiger partial charge >= 0.3 is 12.1 Å². The van der Waals surface area contributed by atoms with Crippen molar-refractivity contribution < 1.29 is 47.9 Å². The number of hydrogen-bond donors (Lipinski definition) is 5. The van der Waals surface area contributed by atoms with Crippen LogP contribution in [-0.2, 0) is 14.3 Å². The van der Waals surface area contributed by atoms with Crippen LogP contribution in [0, 0.1) is 0 Å². The third-order valence-corrected chi connectivity index (χ3v) is 8.09. The Labute approximate surface area is 259 Å². The number of halogens is 3. The fourth-order valence-corrected chi connectivity index (χ4v) is 5.70. The number of nitrogens with one attached hydrogen (secondary N) is 1. The molecule has 2 aliphatic rings. The Hall–Kier alpha value is -4.35. The topological polar surface area (TPSA) is 175 Å². The van der Waals surface area contributed by atoms with Gasteiger partial charge in [0, 0.05) is 12.5 Å². The van der Waals surface area contributed by atoms with E-state index in [1.54, 1.807) is 0 Å². The van der Waals surface area contributed by atoms with Gasteiger partial charge in [-0.3, -0.25) is 4.57 Å². The number of imidazole rings is 1. The lowest BCUT2D eigenvalue weighted by atomic mass is 9.91. The molecule has 6 atom stereocenters. The Morgan fingerprint density at radius 3 is 2.24 bits per heavy atom. The number of esters is 1. The first kappa shape index (κ1) is 31.6. The van der Waals surface area contributed by atoms with E-state index in [1.807, 2.05) is 60.7 Å². The molecule has 244 valence electrons. The summed E-state index contributed by atoms with van der Waals surface area (Å²) >= 11 is 0. The molecule has 0 spiro atoms. The standard InChI is InChI=1S/C30H31F3N6O7/c31-30(32,33)28(44)46-20-13-38(12-19(20)41)29-36-25(34-11-18(16-7-3-1-4-8-16)17-9-5-2-6-10-17)22-26(37-29)39(15-35-22)27-24(43)23(42)21(14-40)45-27/h1-10,15,18-21,23-24,27,40-43H,11-14H2,(H,34,36,37)/t19-,20-,21-,23-,24+,27-/m1/s1. The van der Waals surface area contributed by atoms with Gasteiger partial charge in [-0.05, 0) is 11.1 Å². The highest BCUT2D eigenvalue weighted by Crippen LogP contribution is 2.34. The molecule has 5 N–H and O–H groups in total. The molecule has 0 unspecified atom stereocenters. The lowest BCUT2D eigenvalue weighted by Gasteiger charge is -2.22. The fourth-order valence-electron chi connectivity index (χ4n) is 5.70. The van der Waals surface area contributed by atoms with Crippen molar-refractivity contribution in [1.82, 2.24) is 19.5 Å². The molecule has 0 amide bonds. The molecule has 0 aliphatic carbocycles. The monoisotopic (exact) mass is 644 g/mol. The summed E-state index contributed by atoms with van der Waals surface area (Å²) < 4.78 is 50.2. The number of benzene rings is 2. The molecule has 2 fully saturated rings. The molecule has 46 heavy (non-hydrogen) atoms. The predicted molar refractivity (Wildman–Crippen MR) is 156 cm³/mol. The average Bonchev–Trinajstić information content (AvgIpc) is 3.72. The largest absolute Gasteiger partial charge is 0.490 e. The van der Waals surface area contributed by atoms with Crippen LogP contribution >= 0.6 is 0 Å². The zero-order valence-electron chi connectivity index (χ0n) is 24.1. The highest BCUT2D eigenvalue weighted by Gasteiger charge is 2.46. The quantitative estimate of drug-likeness (QED) is 0.166. The average molecular weight is 645 g/mol. The third kappa shape index (κ3) is 6.21. The number of hydrogen-bond acceptors (Lipinski definition) is 12. The van der Waals surface area contributed by atoms with Crippen LogP contribution in [0.25, 0.3) is 11.2 Å².